The van der Waals surface area contributed by atoms with Gasteiger partial charge in [0.05, 0.1) is 6.61 Å². The van der Waals surface area contributed by atoms with Crippen LogP contribution in [-0.4, -0.2) is 40.9 Å². The molecule has 2 atom stereocenters. The summed E-state index contributed by atoms with van der Waals surface area (Å²) >= 11 is 0. The van der Waals surface area contributed by atoms with E-state index in [4.69, 9.17) is 4.74 Å². The fourth-order valence-corrected chi connectivity index (χ4v) is 1.97. The molecule has 2 rings (SSSR count). The molecule has 0 saturated carbocycles. The molecule has 0 fully saturated rings. The number of halogens is 1. The molecule has 112 valence electrons. The zero-order valence-corrected chi connectivity index (χ0v) is 11.4. The van der Waals surface area contributed by atoms with E-state index in [0.29, 0.717) is 0 Å². The molecule has 1 N–H and O–H groups in total. The summed E-state index contributed by atoms with van der Waals surface area (Å²) in [5.41, 5.74) is 0.228. The number of nitrogens with zero attached hydrogens (tertiary/aromatic N) is 2. The van der Waals surface area contributed by atoms with Crippen molar-refractivity contribution in [2.45, 2.75) is 25.5 Å². The van der Waals surface area contributed by atoms with Crippen molar-refractivity contribution in [3.05, 3.63) is 35.6 Å². The first-order valence-corrected chi connectivity index (χ1v) is 6.50. The van der Waals surface area contributed by atoms with E-state index in [9.17, 15) is 19.1 Å². The van der Waals surface area contributed by atoms with E-state index in [1.165, 1.54) is 18.3 Å². The van der Waals surface area contributed by atoms with Crippen molar-refractivity contribution in [1.82, 2.24) is 5.01 Å². The lowest BCUT2D eigenvalue weighted by Gasteiger charge is -2.22. The Balaban J connectivity index is 2.12. The Hall–Kier alpha value is -2.28. The highest BCUT2D eigenvalue weighted by Crippen LogP contribution is 2.21. The van der Waals surface area contributed by atoms with E-state index >= 15 is 0 Å². The van der Waals surface area contributed by atoms with Crippen LogP contribution in [0.3, 0.4) is 0 Å². The lowest BCUT2D eigenvalue weighted by molar-refractivity contribution is -0.157. The molecule has 1 amide bonds. The first-order chi connectivity index (χ1) is 10.0. The third-order valence-corrected chi connectivity index (χ3v) is 3.03. The van der Waals surface area contributed by atoms with E-state index in [2.05, 4.69) is 5.10 Å². The topological polar surface area (TPSA) is 79.2 Å². The maximum absolute atomic E-state index is 12.8. The third-order valence-electron chi connectivity index (χ3n) is 3.03. The first-order valence-electron chi connectivity index (χ1n) is 6.50. The minimum atomic E-state index is -1.52. The zero-order chi connectivity index (χ0) is 15.4. The molecule has 1 aromatic rings. The van der Waals surface area contributed by atoms with E-state index in [0.717, 1.165) is 17.1 Å². The molecule has 1 aromatic carbocycles. The van der Waals surface area contributed by atoms with Gasteiger partial charge in [-0.25, -0.2) is 14.2 Å². The van der Waals surface area contributed by atoms with Crippen LogP contribution in [-0.2, 0) is 14.3 Å². The van der Waals surface area contributed by atoms with Gasteiger partial charge in [-0.15, -0.1) is 0 Å². The van der Waals surface area contributed by atoms with Crippen LogP contribution in [0, 0.1) is 5.82 Å². The predicted molar refractivity (Wildman–Crippen MR) is 71.7 cm³/mol. The number of rotatable bonds is 4. The van der Waals surface area contributed by atoms with Crippen molar-refractivity contribution in [2.24, 2.45) is 5.10 Å². The second kappa shape index (κ2) is 6.45. The molecular formula is C14H15FN2O4. The van der Waals surface area contributed by atoms with Crippen LogP contribution in [0.1, 0.15) is 25.0 Å². The van der Waals surface area contributed by atoms with Gasteiger partial charge >= 0.3 is 5.97 Å². The number of hydrogen-bond donors (Lipinski definition) is 1. The molecule has 1 unspecified atom stereocenters. The molecule has 1 heterocycles. The van der Waals surface area contributed by atoms with Gasteiger partial charge in [-0.05, 0) is 24.6 Å². The molecule has 0 spiro atoms. The fourth-order valence-electron chi connectivity index (χ4n) is 1.97. The van der Waals surface area contributed by atoms with Crippen LogP contribution in [0.5, 0.6) is 0 Å². The Morgan fingerprint density at radius 2 is 2.14 bits per heavy atom. The highest BCUT2D eigenvalue weighted by atomic mass is 19.1. The van der Waals surface area contributed by atoms with Crippen LogP contribution < -0.4 is 0 Å². The van der Waals surface area contributed by atoms with Crippen LogP contribution in [0.15, 0.2) is 29.4 Å². The van der Waals surface area contributed by atoms with Gasteiger partial charge in [-0.1, -0.05) is 12.1 Å². The smallest absolute Gasteiger partial charge is 0.331 e. The molecule has 6 nitrogen and oxygen atoms in total. The lowest BCUT2D eigenvalue weighted by Crippen LogP contribution is -2.41. The lowest BCUT2D eigenvalue weighted by atomic mass is 10.1. The Labute approximate surface area is 120 Å². The van der Waals surface area contributed by atoms with Crippen molar-refractivity contribution in [2.75, 3.05) is 6.61 Å². The summed E-state index contributed by atoms with van der Waals surface area (Å²) in [4.78, 5) is 23.9. The minimum absolute atomic E-state index is 0.192. The summed E-state index contributed by atoms with van der Waals surface area (Å²) in [6, 6.07) is 4.02. The number of aliphatic hydroxyl groups is 1. The molecule has 1 aliphatic rings. The number of hydrazone groups is 1. The monoisotopic (exact) mass is 294 g/mol. The Morgan fingerprint density at radius 3 is 2.76 bits per heavy atom. The zero-order valence-electron chi connectivity index (χ0n) is 11.4. The number of aliphatic hydroxyl groups excluding tert-OH is 1. The quantitative estimate of drug-likeness (QED) is 0.841. The molecule has 1 aliphatic heterocycles. The second-order valence-corrected chi connectivity index (χ2v) is 4.44. The highest BCUT2D eigenvalue weighted by Gasteiger charge is 2.37. The van der Waals surface area contributed by atoms with Gasteiger partial charge in [0.15, 0.2) is 12.1 Å². The number of carbonyl (C=O) groups is 2. The Morgan fingerprint density at radius 1 is 1.48 bits per heavy atom. The standard InChI is InChI=1S/C14H15FN2O4/c1-2-21-14(20)11-7-8-16-17(11)13(19)12(18)9-3-5-10(15)6-4-9/h3-6,8,11-12,18H,2,7H2,1H3/t11?,12-/m1/s1. The molecule has 0 bridgehead atoms. The SMILES string of the molecule is CCOC(=O)C1CC=NN1C(=O)[C@H](O)c1ccc(F)cc1. The van der Waals surface area contributed by atoms with Gasteiger partial charge in [-0.3, -0.25) is 4.79 Å². The maximum Gasteiger partial charge on any atom is 0.331 e. The summed E-state index contributed by atoms with van der Waals surface area (Å²) in [6.07, 6.45) is 0.134. The number of benzene rings is 1. The van der Waals surface area contributed by atoms with Crippen molar-refractivity contribution in [1.29, 1.82) is 0 Å². The fraction of sp³-hybridized carbons (Fsp3) is 0.357. The van der Waals surface area contributed by atoms with E-state index in [-0.39, 0.29) is 18.6 Å². The number of carbonyl (C=O) groups excluding carboxylic acids is 2. The highest BCUT2D eigenvalue weighted by molar-refractivity contribution is 5.91. The minimum Gasteiger partial charge on any atom is -0.464 e. The summed E-state index contributed by atoms with van der Waals surface area (Å²) in [5, 5.41) is 14.7. The van der Waals surface area contributed by atoms with Crippen LogP contribution >= 0.6 is 0 Å². The van der Waals surface area contributed by atoms with E-state index in [1.54, 1.807) is 6.92 Å². The molecule has 0 aromatic heterocycles. The first kappa shape index (κ1) is 15.1. The predicted octanol–water partition coefficient (Wildman–Crippen LogP) is 1.01. The van der Waals surface area contributed by atoms with Gasteiger partial charge in [0.1, 0.15) is 5.82 Å². The van der Waals surface area contributed by atoms with Crippen molar-refractivity contribution >= 4 is 18.1 Å². The van der Waals surface area contributed by atoms with Crippen molar-refractivity contribution in [3.63, 3.8) is 0 Å². The van der Waals surface area contributed by atoms with Gasteiger partial charge in [-0.2, -0.15) is 5.10 Å². The number of esters is 1. The van der Waals surface area contributed by atoms with E-state index < -0.39 is 29.8 Å². The summed E-state index contributed by atoms with van der Waals surface area (Å²) in [6.45, 7) is 1.85. The van der Waals surface area contributed by atoms with E-state index in [1.807, 2.05) is 0 Å². The van der Waals surface area contributed by atoms with Crippen molar-refractivity contribution in [3.8, 4) is 0 Å². The Kier molecular flexibility index (Phi) is 4.64. The van der Waals surface area contributed by atoms with Gasteiger partial charge in [0.2, 0.25) is 0 Å². The van der Waals surface area contributed by atoms with Gasteiger partial charge in [0.25, 0.3) is 5.91 Å². The normalized spacial score (nSPS) is 18.6. The summed E-state index contributed by atoms with van der Waals surface area (Å²) in [7, 11) is 0. The van der Waals surface area contributed by atoms with Gasteiger partial charge in [0, 0.05) is 12.6 Å². The molecular weight excluding hydrogens is 279 g/mol. The molecule has 0 saturated heterocycles. The molecule has 7 heteroatoms. The van der Waals surface area contributed by atoms with Crippen molar-refractivity contribution < 1.29 is 23.8 Å². The maximum atomic E-state index is 12.8. The van der Waals surface area contributed by atoms with Crippen LogP contribution in [0.2, 0.25) is 0 Å². The van der Waals surface area contributed by atoms with Gasteiger partial charge < -0.3 is 9.84 Å². The second-order valence-electron chi connectivity index (χ2n) is 4.44. The average Bonchev–Trinajstić information content (AvgIpc) is 2.96. The number of hydrogen-bond acceptors (Lipinski definition) is 5. The summed E-state index contributed by atoms with van der Waals surface area (Å²) < 4.78 is 17.7. The number of ether oxygens (including phenoxy) is 1. The number of amides is 1. The molecule has 0 radical (unpaired) electrons. The molecule has 21 heavy (non-hydrogen) atoms. The van der Waals surface area contributed by atoms with Crippen LogP contribution in [0.4, 0.5) is 4.39 Å². The Bertz CT molecular complexity index is 559. The molecule has 0 aliphatic carbocycles. The average molecular weight is 294 g/mol. The third kappa shape index (κ3) is 3.25. The summed E-state index contributed by atoms with van der Waals surface area (Å²) in [5.74, 6) is -1.80. The largest absolute Gasteiger partial charge is 0.464 e. The van der Waals surface area contributed by atoms with Crippen LogP contribution in [0.25, 0.3) is 0 Å².